The van der Waals surface area contributed by atoms with Crippen molar-refractivity contribution in [3.8, 4) is 0 Å². The van der Waals surface area contributed by atoms with Crippen molar-refractivity contribution in [1.29, 1.82) is 0 Å². The van der Waals surface area contributed by atoms with Gasteiger partial charge in [-0.2, -0.15) is 0 Å². The molecule has 10 nitrogen and oxygen atoms in total. The minimum atomic E-state index is -0.747. The number of nitrogens with zero attached hydrogens (tertiary/aromatic N) is 2. The lowest BCUT2D eigenvalue weighted by Gasteiger charge is -2.36. The largest absolute Gasteiger partial charge is 0.468 e. The monoisotopic (exact) mass is 404 g/mol. The van der Waals surface area contributed by atoms with E-state index < -0.39 is 48.0 Å². The first-order chi connectivity index (χ1) is 13.1. The molecule has 0 aromatic carbocycles. The van der Waals surface area contributed by atoms with E-state index >= 15 is 0 Å². The molecule has 0 saturated carbocycles. The molecule has 0 fully saturated rings. The molecule has 0 rings (SSSR count). The van der Waals surface area contributed by atoms with Crippen LogP contribution in [0.25, 0.3) is 0 Å². The summed E-state index contributed by atoms with van der Waals surface area (Å²) in [4.78, 5) is 51.2. The van der Waals surface area contributed by atoms with Crippen molar-refractivity contribution in [2.45, 2.75) is 51.9 Å². The van der Waals surface area contributed by atoms with Gasteiger partial charge in [-0.25, -0.2) is 0 Å². The lowest BCUT2D eigenvalue weighted by molar-refractivity contribution is -0.157. The van der Waals surface area contributed by atoms with Crippen LogP contribution >= 0.6 is 0 Å². The second-order valence-corrected chi connectivity index (χ2v) is 6.27. The smallest absolute Gasteiger partial charge is 0.322 e. The highest BCUT2D eigenvalue weighted by molar-refractivity contribution is 5.80. The Labute approximate surface area is 166 Å². The topological polar surface area (TPSA) is 112 Å². The Morgan fingerprint density at radius 1 is 0.536 bits per heavy atom. The van der Waals surface area contributed by atoms with Gasteiger partial charge < -0.3 is 18.9 Å². The van der Waals surface area contributed by atoms with Crippen LogP contribution < -0.4 is 0 Å². The molecule has 0 radical (unpaired) electrons. The van der Waals surface area contributed by atoms with Crippen LogP contribution in [0.5, 0.6) is 0 Å². The molecule has 28 heavy (non-hydrogen) atoms. The van der Waals surface area contributed by atoms with Crippen LogP contribution in [0.2, 0.25) is 0 Å². The van der Waals surface area contributed by atoms with E-state index in [1.165, 1.54) is 28.4 Å². The zero-order valence-corrected chi connectivity index (χ0v) is 17.9. The van der Waals surface area contributed by atoms with Crippen LogP contribution in [0.15, 0.2) is 0 Å². The van der Waals surface area contributed by atoms with Gasteiger partial charge in [-0.15, -0.1) is 0 Å². The molecule has 0 aromatic rings. The zero-order chi connectivity index (χ0) is 22.0. The first-order valence-corrected chi connectivity index (χ1v) is 8.90. The maximum Gasteiger partial charge on any atom is 0.322 e. The first kappa shape index (κ1) is 25.8. The highest BCUT2D eigenvalue weighted by atomic mass is 16.5. The van der Waals surface area contributed by atoms with E-state index in [9.17, 15) is 19.2 Å². The second kappa shape index (κ2) is 12.3. The average molecular weight is 404 g/mol. The number of carbonyl (C=O) groups is 4. The summed E-state index contributed by atoms with van der Waals surface area (Å²) in [5.74, 6) is -2.10. The molecule has 0 aliphatic carbocycles. The van der Waals surface area contributed by atoms with Gasteiger partial charge in [0, 0.05) is 13.1 Å². The van der Waals surface area contributed by atoms with Crippen molar-refractivity contribution in [2.24, 2.45) is 0 Å². The fourth-order valence-corrected chi connectivity index (χ4v) is 2.90. The summed E-state index contributed by atoms with van der Waals surface area (Å²) in [6.07, 6.45) is 0. The highest BCUT2D eigenvalue weighted by Gasteiger charge is 2.35. The molecule has 0 aliphatic rings. The molecule has 0 bridgehead atoms. The van der Waals surface area contributed by atoms with Crippen LogP contribution in [0.3, 0.4) is 0 Å². The van der Waals surface area contributed by atoms with Crippen LogP contribution in [-0.4, -0.2) is 99.4 Å². The Hall–Kier alpha value is -2.20. The van der Waals surface area contributed by atoms with E-state index in [1.807, 2.05) is 0 Å². The SMILES string of the molecule is COC(=O)C(C)N(CCN(C(C)C(=O)OC)C(C)C(=O)OC)C(C)C(=O)OC. The number of esters is 4. The number of methoxy groups -OCH3 is 4. The standard InChI is InChI=1S/C18H32N2O8/c1-11(15(21)25-5)19(12(2)16(22)26-6)9-10-20(13(3)17(23)27-7)14(4)18(24)28-8/h11-14H,9-10H2,1-8H3. The Kier molecular flexibility index (Phi) is 11.3. The predicted octanol–water partition coefficient (Wildman–Crippen LogP) is -0.164. The van der Waals surface area contributed by atoms with Crippen molar-refractivity contribution in [1.82, 2.24) is 9.80 Å². The van der Waals surface area contributed by atoms with Crippen molar-refractivity contribution < 1.29 is 38.1 Å². The summed E-state index contributed by atoms with van der Waals surface area (Å²) in [6.45, 7) is 6.75. The second-order valence-electron chi connectivity index (χ2n) is 6.27. The summed E-state index contributed by atoms with van der Waals surface area (Å²) >= 11 is 0. The number of carbonyl (C=O) groups excluding carboxylic acids is 4. The molecular weight excluding hydrogens is 372 g/mol. The third-order valence-corrected chi connectivity index (χ3v) is 4.78. The van der Waals surface area contributed by atoms with Crippen molar-refractivity contribution in [2.75, 3.05) is 41.5 Å². The lowest BCUT2D eigenvalue weighted by Crippen LogP contribution is -2.55. The van der Waals surface area contributed by atoms with Crippen LogP contribution in [-0.2, 0) is 38.1 Å². The van der Waals surface area contributed by atoms with E-state index in [1.54, 1.807) is 37.5 Å². The Bertz CT molecular complexity index is 462. The van der Waals surface area contributed by atoms with Gasteiger partial charge in [0.25, 0.3) is 0 Å². The molecule has 0 spiro atoms. The van der Waals surface area contributed by atoms with Gasteiger partial charge in [-0.3, -0.25) is 29.0 Å². The minimum Gasteiger partial charge on any atom is -0.468 e. The summed E-state index contributed by atoms with van der Waals surface area (Å²) in [7, 11) is 5.02. The lowest BCUT2D eigenvalue weighted by atomic mass is 10.1. The van der Waals surface area contributed by atoms with Crippen LogP contribution in [0.1, 0.15) is 27.7 Å². The predicted molar refractivity (Wildman–Crippen MR) is 99.3 cm³/mol. The molecule has 4 unspecified atom stereocenters. The molecule has 4 atom stereocenters. The van der Waals surface area contributed by atoms with Gasteiger partial charge in [0.1, 0.15) is 24.2 Å². The number of hydrogen-bond acceptors (Lipinski definition) is 10. The van der Waals surface area contributed by atoms with Crippen molar-refractivity contribution in [3.05, 3.63) is 0 Å². The van der Waals surface area contributed by atoms with Gasteiger partial charge in [-0.05, 0) is 27.7 Å². The van der Waals surface area contributed by atoms with Crippen LogP contribution in [0, 0.1) is 0 Å². The fraction of sp³-hybridized carbons (Fsp3) is 0.778. The molecule has 0 aliphatic heterocycles. The van der Waals surface area contributed by atoms with E-state index in [-0.39, 0.29) is 13.1 Å². The maximum absolute atomic E-state index is 12.0. The fourth-order valence-electron chi connectivity index (χ4n) is 2.90. The van der Waals surface area contributed by atoms with Gasteiger partial charge in [-0.1, -0.05) is 0 Å². The molecule has 0 saturated heterocycles. The van der Waals surface area contributed by atoms with Gasteiger partial charge >= 0.3 is 23.9 Å². The molecular formula is C18H32N2O8. The molecule has 0 aromatic heterocycles. The normalized spacial score (nSPS) is 15.4. The molecule has 0 heterocycles. The quantitative estimate of drug-likeness (QED) is 0.340. The first-order valence-electron chi connectivity index (χ1n) is 8.90. The van der Waals surface area contributed by atoms with E-state index in [0.29, 0.717) is 0 Å². The molecule has 10 heteroatoms. The number of rotatable bonds is 11. The van der Waals surface area contributed by atoms with Gasteiger partial charge in [0.2, 0.25) is 0 Å². The van der Waals surface area contributed by atoms with Crippen molar-refractivity contribution in [3.63, 3.8) is 0 Å². The summed E-state index contributed by atoms with van der Waals surface area (Å²) in [5.41, 5.74) is 0. The van der Waals surface area contributed by atoms with E-state index in [0.717, 1.165) is 0 Å². The van der Waals surface area contributed by atoms with Crippen molar-refractivity contribution >= 4 is 23.9 Å². The summed E-state index contributed by atoms with van der Waals surface area (Å²) < 4.78 is 19.1. The van der Waals surface area contributed by atoms with E-state index in [4.69, 9.17) is 18.9 Å². The van der Waals surface area contributed by atoms with Gasteiger partial charge in [0.15, 0.2) is 0 Å². The Morgan fingerprint density at radius 3 is 0.857 bits per heavy atom. The average Bonchev–Trinajstić information content (AvgIpc) is 2.72. The third kappa shape index (κ3) is 6.75. The summed E-state index contributed by atoms with van der Waals surface area (Å²) in [5, 5.41) is 0. The third-order valence-electron chi connectivity index (χ3n) is 4.78. The highest BCUT2D eigenvalue weighted by Crippen LogP contribution is 2.13. The number of ether oxygens (including phenoxy) is 4. The maximum atomic E-state index is 12.0. The molecule has 0 N–H and O–H groups in total. The summed E-state index contributed by atoms with van der Waals surface area (Å²) in [6, 6.07) is -2.99. The molecule has 0 amide bonds. The minimum absolute atomic E-state index is 0.176. The zero-order valence-electron chi connectivity index (χ0n) is 17.9. The van der Waals surface area contributed by atoms with E-state index in [2.05, 4.69) is 0 Å². The Balaban J connectivity index is 5.64. The van der Waals surface area contributed by atoms with Crippen LogP contribution in [0.4, 0.5) is 0 Å². The number of hydrogen-bond donors (Lipinski definition) is 0. The van der Waals surface area contributed by atoms with Gasteiger partial charge in [0.05, 0.1) is 28.4 Å². The molecule has 162 valence electrons. The Morgan fingerprint density at radius 2 is 0.714 bits per heavy atom.